The minimum atomic E-state index is -1.64. The molecule has 0 saturated carbocycles. The Morgan fingerprint density at radius 2 is 1.83 bits per heavy atom. The summed E-state index contributed by atoms with van der Waals surface area (Å²) in [5.74, 6) is -3.76. The molecule has 154 valence electrons. The van der Waals surface area contributed by atoms with Crippen LogP contribution in [0.25, 0.3) is 0 Å². The van der Waals surface area contributed by atoms with Crippen LogP contribution in [-0.4, -0.2) is 38.5 Å². The molecule has 7 heteroatoms. The third-order valence-electron chi connectivity index (χ3n) is 5.49. The van der Waals surface area contributed by atoms with Crippen LogP contribution < -0.4 is 0 Å². The number of nitrogens with zero attached hydrogens (tertiary/aromatic N) is 1. The third kappa shape index (κ3) is 3.64. The van der Waals surface area contributed by atoms with Gasteiger partial charge >= 0.3 is 11.9 Å². The number of carboxylic acids is 2. The quantitative estimate of drug-likeness (QED) is 0.766. The van der Waals surface area contributed by atoms with E-state index in [-0.39, 0.29) is 24.5 Å². The second-order valence-corrected chi connectivity index (χ2v) is 8.09. The summed E-state index contributed by atoms with van der Waals surface area (Å²) in [6.45, 7) is 5.60. The number of likely N-dealkylation sites (tertiary alicyclic amines) is 1. The summed E-state index contributed by atoms with van der Waals surface area (Å²) >= 11 is 0. The van der Waals surface area contributed by atoms with Gasteiger partial charge in [0.1, 0.15) is 17.3 Å². The van der Waals surface area contributed by atoms with Crippen LogP contribution in [0.4, 0.5) is 0 Å². The summed E-state index contributed by atoms with van der Waals surface area (Å²) in [5.41, 5.74) is -0.371. The molecule has 3 unspecified atom stereocenters. The lowest BCUT2D eigenvalue weighted by atomic mass is 9.83. The van der Waals surface area contributed by atoms with Gasteiger partial charge in [-0.3, -0.25) is 9.59 Å². The maximum atomic E-state index is 13.6. The highest BCUT2D eigenvalue weighted by molar-refractivity contribution is 5.99. The second-order valence-electron chi connectivity index (χ2n) is 8.09. The van der Waals surface area contributed by atoms with E-state index in [4.69, 9.17) is 4.42 Å². The van der Waals surface area contributed by atoms with Crippen LogP contribution in [0.5, 0.6) is 0 Å². The topological polar surface area (TPSA) is 108 Å². The van der Waals surface area contributed by atoms with E-state index in [1.54, 1.807) is 36.4 Å². The minimum Gasteiger partial charge on any atom is -0.481 e. The van der Waals surface area contributed by atoms with Crippen LogP contribution in [0.2, 0.25) is 0 Å². The summed E-state index contributed by atoms with van der Waals surface area (Å²) in [7, 11) is 0. The molecule has 0 bridgehead atoms. The van der Waals surface area contributed by atoms with Crippen LogP contribution in [0, 0.1) is 18.8 Å². The highest BCUT2D eigenvalue weighted by atomic mass is 16.4. The number of aliphatic carboxylic acids is 2. The Morgan fingerprint density at radius 1 is 1.17 bits per heavy atom. The highest BCUT2D eigenvalue weighted by Crippen LogP contribution is 2.50. The first-order chi connectivity index (χ1) is 13.7. The molecule has 0 aliphatic carbocycles. The summed E-state index contributed by atoms with van der Waals surface area (Å²) in [5, 5.41) is 20.1. The van der Waals surface area contributed by atoms with E-state index in [1.165, 1.54) is 11.2 Å². The van der Waals surface area contributed by atoms with Crippen LogP contribution in [0.1, 0.15) is 54.4 Å². The molecule has 1 aromatic heterocycles. The number of hydrogen-bond donors (Lipinski definition) is 2. The molecule has 1 fully saturated rings. The molecular weight excluding hydrogens is 374 g/mol. The van der Waals surface area contributed by atoms with Crippen molar-refractivity contribution in [2.45, 2.75) is 45.2 Å². The van der Waals surface area contributed by atoms with Crippen LogP contribution in [0.3, 0.4) is 0 Å². The van der Waals surface area contributed by atoms with Crippen molar-refractivity contribution >= 4 is 17.8 Å². The van der Waals surface area contributed by atoms with Gasteiger partial charge in [-0.25, -0.2) is 4.79 Å². The van der Waals surface area contributed by atoms with Gasteiger partial charge in [0.2, 0.25) is 0 Å². The van der Waals surface area contributed by atoms with Crippen LogP contribution in [0.15, 0.2) is 47.1 Å². The number of carboxylic acid groups (broad SMARTS) is 2. The van der Waals surface area contributed by atoms with Crippen molar-refractivity contribution in [3.8, 4) is 0 Å². The van der Waals surface area contributed by atoms with E-state index >= 15 is 0 Å². The Kier molecular flexibility index (Phi) is 5.50. The number of carbonyl (C=O) groups is 3. The fourth-order valence-electron chi connectivity index (χ4n) is 4.32. The molecule has 2 aromatic rings. The molecule has 3 rings (SSSR count). The zero-order valence-corrected chi connectivity index (χ0v) is 16.7. The second kappa shape index (κ2) is 7.73. The van der Waals surface area contributed by atoms with Gasteiger partial charge in [-0.2, -0.15) is 0 Å². The van der Waals surface area contributed by atoms with Gasteiger partial charge in [0.25, 0.3) is 5.91 Å². The van der Waals surface area contributed by atoms with Crippen molar-refractivity contribution in [3.05, 3.63) is 59.5 Å². The van der Waals surface area contributed by atoms with E-state index < -0.39 is 35.3 Å². The number of rotatable bonds is 6. The molecule has 1 aliphatic rings. The molecule has 29 heavy (non-hydrogen) atoms. The standard InChI is InChI=1S/C22H25NO6/c1-13(2)11-22(21(27)28)12-16(20(25)26)18(17-5-4-10-29-17)23(22)19(24)15-8-6-14(3)7-9-15/h4-10,13,16,18H,11-12H2,1-3H3,(H,25,26)(H,27,28). The lowest BCUT2D eigenvalue weighted by Gasteiger charge is -2.38. The number of aryl methyl sites for hydroxylation is 1. The predicted molar refractivity (Wildman–Crippen MR) is 104 cm³/mol. The summed E-state index contributed by atoms with van der Waals surface area (Å²) in [4.78, 5) is 39.4. The molecule has 1 amide bonds. The molecule has 1 aromatic carbocycles. The Morgan fingerprint density at radius 3 is 2.31 bits per heavy atom. The van der Waals surface area contributed by atoms with Crippen LogP contribution in [-0.2, 0) is 9.59 Å². The first kappa shape index (κ1) is 20.6. The molecule has 0 spiro atoms. The van der Waals surface area contributed by atoms with E-state index in [2.05, 4.69) is 0 Å². The van der Waals surface area contributed by atoms with Crippen molar-refractivity contribution in [1.29, 1.82) is 0 Å². The van der Waals surface area contributed by atoms with E-state index in [0.29, 0.717) is 5.56 Å². The fourth-order valence-corrected chi connectivity index (χ4v) is 4.32. The Hall–Kier alpha value is -3.09. The molecular formula is C22H25NO6. The highest BCUT2D eigenvalue weighted by Gasteiger charge is 2.61. The summed E-state index contributed by atoms with van der Waals surface area (Å²) in [6.07, 6.45) is 1.35. The van der Waals surface area contributed by atoms with Crippen molar-refractivity contribution in [3.63, 3.8) is 0 Å². The average molecular weight is 399 g/mol. The molecule has 3 atom stereocenters. The predicted octanol–water partition coefficient (Wildman–Crippen LogP) is 3.75. The molecule has 2 N–H and O–H groups in total. The van der Waals surface area contributed by atoms with E-state index in [0.717, 1.165) is 5.56 Å². The summed E-state index contributed by atoms with van der Waals surface area (Å²) in [6, 6.07) is 8.98. The minimum absolute atomic E-state index is 0.0655. The van der Waals surface area contributed by atoms with Crippen molar-refractivity contribution in [2.24, 2.45) is 11.8 Å². The number of furan rings is 1. The number of carbonyl (C=O) groups excluding carboxylic acids is 1. The number of amides is 1. The van der Waals surface area contributed by atoms with Crippen molar-refractivity contribution in [1.82, 2.24) is 4.90 Å². The largest absolute Gasteiger partial charge is 0.481 e. The molecule has 7 nitrogen and oxygen atoms in total. The molecule has 1 saturated heterocycles. The first-order valence-electron chi connectivity index (χ1n) is 9.57. The zero-order valence-electron chi connectivity index (χ0n) is 16.7. The van der Waals surface area contributed by atoms with Gasteiger partial charge in [0.05, 0.1) is 12.2 Å². The maximum absolute atomic E-state index is 13.6. The number of hydrogen-bond acceptors (Lipinski definition) is 4. The smallest absolute Gasteiger partial charge is 0.329 e. The van der Waals surface area contributed by atoms with Crippen LogP contribution >= 0.6 is 0 Å². The zero-order chi connectivity index (χ0) is 21.3. The lowest BCUT2D eigenvalue weighted by molar-refractivity contribution is -0.150. The van der Waals surface area contributed by atoms with Gasteiger partial charge in [0.15, 0.2) is 0 Å². The molecule has 1 aliphatic heterocycles. The number of benzene rings is 1. The SMILES string of the molecule is Cc1ccc(C(=O)N2C(c3ccco3)C(C(=O)O)CC2(CC(C)C)C(=O)O)cc1. The van der Waals surface area contributed by atoms with Gasteiger partial charge in [0, 0.05) is 5.56 Å². The fraction of sp³-hybridized carbons (Fsp3) is 0.409. The Balaban J connectivity index is 2.21. The van der Waals surface area contributed by atoms with Crippen molar-refractivity contribution < 1.29 is 29.0 Å². The average Bonchev–Trinajstić information content (AvgIpc) is 3.27. The lowest BCUT2D eigenvalue weighted by Crippen LogP contribution is -2.54. The monoisotopic (exact) mass is 399 g/mol. The Bertz CT molecular complexity index is 902. The van der Waals surface area contributed by atoms with Gasteiger partial charge < -0.3 is 19.5 Å². The molecule has 0 radical (unpaired) electrons. The normalized spacial score (nSPS) is 24.1. The third-order valence-corrected chi connectivity index (χ3v) is 5.49. The first-order valence-corrected chi connectivity index (χ1v) is 9.57. The van der Waals surface area contributed by atoms with Gasteiger partial charge in [-0.15, -0.1) is 0 Å². The molecule has 2 heterocycles. The van der Waals surface area contributed by atoms with Crippen molar-refractivity contribution in [2.75, 3.05) is 0 Å². The summed E-state index contributed by atoms with van der Waals surface area (Å²) < 4.78 is 5.46. The maximum Gasteiger partial charge on any atom is 0.329 e. The van der Waals surface area contributed by atoms with Gasteiger partial charge in [-0.1, -0.05) is 31.5 Å². The van der Waals surface area contributed by atoms with Gasteiger partial charge in [-0.05, 0) is 49.9 Å². The Labute approximate surface area is 168 Å². The van der Waals surface area contributed by atoms with E-state index in [9.17, 15) is 24.6 Å². The van der Waals surface area contributed by atoms with E-state index in [1.807, 2.05) is 20.8 Å².